The molecular formula is C7H14N2O2. The van der Waals surface area contributed by atoms with Gasteiger partial charge in [-0.1, -0.05) is 0 Å². The smallest absolute Gasteiger partial charge is 0.310 e. The van der Waals surface area contributed by atoms with Crippen molar-refractivity contribution in [2.75, 3.05) is 26.7 Å². The van der Waals surface area contributed by atoms with Crippen LogP contribution in [-0.2, 0) is 9.53 Å². The largest absolute Gasteiger partial charge is 0.469 e. The van der Waals surface area contributed by atoms with Crippen LogP contribution in [0.25, 0.3) is 0 Å². The molecule has 0 spiro atoms. The number of ether oxygens (including phenoxy) is 1. The van der Waals surface area contributed by atoms with Crippen molar-refractivity contribution in [2.45, 2.75) is 0 Å². The second-order valence-corrected chi connectivity index (χ2v) is 2.78. The monoisotopic (exact) mass is 158 g/mol. The first kappa shape index (κ1) is 8.49. The third-order valence-electron chi connectivity index (χ3n) is 2.14. The summed E-state index contributed by atoms with van der Waals surface area (Å²) in [7, 11) is 1.40. The van der Waals surface area contributed by atoms with Gasteiger partial charge in [-0.2, -0.15) is 0 Å². The minimum Gasteiger partial charge on any atom is -0.469 e. The quantitative estimate of drug-likeness (QED) is 0.515. The van der Waals surface area contributed by atoms with Crippen molar-refractivity contribution in [3.8, 4) is 0 Å². The van der Waals surface area contributed by atoms with Crippen LogP contribution in [0.2, 0.25) is 0 Å². The van der Waals surface area contributed by atoms with Crippen LogP contribution in [0, 0.1) is 11.8 Å². The molecule has 0 amide bonds. The van der Waals surface area contributed by atoms with E-state index in [1.807, 2.05) is 0 Å². The number of nitrogens with one attached hydrogen (secondary N) is 1. The number of carbonyl (C=O) groups excluding carboxylic acids is 1. The lowest BCUT2D eigenvalue weighted by Crippen LogP contribution is -2.50. The van der Waals surface area contributed by atoms with Crippen molar-refractivity contribution in [3.63, 3.8) is 0 Å². The number of methoxy groups -OCH3 is 1. The van der Waals surface area contributed by atoms with Crippen molar-refractivity contribution in [2.24, 2.45) is 17.6 Å². The fourth-order valence-electron chi connectivity index (χ4n) is 1.23. The molecule has 0 saturated carbocycles. The summed E-state index contributed by atoms with van der Waals surface area (Å²) in [6.45, 7) is 2.16. The van der Waals surface area contributed by atoms with Gasteiger partial charge in [-0.25, -0.2) is 0 Å². The van der Waals surface area contributed by atoms with E-state index in [0.29, 0.717) is 12.5 Å². The number of hydrogen-bond acceptors (Lipinski definition) is 4. The molecule has 0 bridgehead atoms. The first-order chi connectivity index (χ1) is 5.29. The normalized spacial score (nSPS) is 20.5. The third kappa shape index (κ3) is 1.70. The molecule has 4 nitrogen and oxygen atoms in total. The second-order valence-electron chi connectivity index (χ2n) is 2.78. The lowest BCUT2D eigenvalue weighted by molar-refractivity contribution is -0.147. The fraction of sp³-hybridized carbons (Fsp3) is 0.857. The van der Waals surface area contributed by atoms with Crippen molar-refractivity contribution in [1.82, 2.24) is 5.32 Å². The highest BCUT2D eigenvalue weighted by molar-refractivity contribution is 5.73. The van der Waals surface area contributed by atoms with Crippen LogP contribution in [0.15, 0.2) is 0 Å². The van der Waals surface area contributed by atoms with Gasteiger partial charge in [0.2, 0.25) is 0 Å². The molecule has 1 aliphatic rings. The van der Waals surface area contributed by atoms with Gasteiger partial charge in [-0.3, -0.25) is 4.79 Å². The van der Waals surface area contributed by atoms with E-state index >= 15 is 0 Å². The summed E-state index contributed by atoms with van der Waals surface area (Å²) in [4.78, 5) is 11.0. The van der Waals surface area contributed by atoms with E-state index in [0.717, 1.165) is 13.1 Å². The summed E-state index contributed by atoms with van der Waals surface area (Å²) in [6.07, 6.45) is 0. The second kappa shape index (κ2) is 3.69. The number of esters is 1. The van der Waals surface area contributed by atoms with Gasteiger partial charge in [0.25, 0.3) is 0 Å². The molecule has 1 atom stereocenters. The average Bonchev–Trinajstić information content (AvgIpc) is 1.94. The number of nitrogens with two attached hydrogens (primary N) is 1. The Morgan fingerprint density at radius 3 is 2.73 bits per heavy atom. The van der Waals surface area contributed by atoms with Gasteiger partial charge in [-0.05, 0) is 5.92 Å². The molecule has 1 saturated heterocycles. The summed E-state index contributed by atoms with van der Waals surface area (Å²) in [5.74, 6) is 0.0905. The highest BCUT2D eigenvalue weighted by atomic mass is 16.5. The Morgan fingerprint density at radius 1 is 1.82 bits per heavy atom. The summed E-state index contributed by atoms with van der Waals surface area (Å²) in [5.41, 5.74) is 5.43. The Bertz CT molecular complexity index is 145. The molecule has 64 valence electrons. The Balaban J connectivity index is 2.40. The first-order valence-corrected chi connectivity index (χ1v) is 3.78. The van der Waals surface area contributed by atoms with Crippen molar-refractivity contribution >= 4 is 5.97 Å². The zero-order chi connectivity index (χ0) is 8.27. The van der Waals surface area contributed by atoms with Gasteiger partial charge >= 0.3 is 5.97 Å². The molecule has 3 N–H and O–H groups in total. The minimum absolute atomic E-state index is 0.110. The molecule has 1 fully saturated rings. The lowest BCUT2D eigenvalue weighted by Gasteiger charge is -2.32. The Kier molecular flexibility index (Phi) is 2.84. The van der Waals surface area contributed by atoms with Gasteiger partial charge in [0.05, 0.1) is 13.0 Å². The highest BCUT2D eigenvalue weighted by Crippen LogP contribution is 2.16. The van der Waals surface area contributed by atoms with Crippen LogP contribution in [0.5, 0.6) is 0 Å². The molecule has 11 heavy (non-hydrogen) atoms. The molecule has 1 aliphatic heterocycles. The molecule has 1 unspecified atom stereocenters. The Hall–Kier alpha value is -0.610. The maximum Gasteiger partial charge on any atom is 0.310 e. The van der Waals surface area contributed by atoms with Crippen molar-refractivity contribution < 1.29 is 9.53 Å². The van der Waals surface area contributed by atoms with E-state index in [1.54, 1.807) is 0 Å². The lowest BCUT2D eigenvalue weighted by atomic mass is 9.87. The maximum atomic E-state index is 11.0. The molecule has 0 aromatic carbocycles. The van der Waals surface area contributed by atoms with Gasteiger partial charge in [0, 0.05) is 19.6 Å². The standard InChI is InChI=1S/C7H14N2O2/c1-11-7(10)6(2-8)5-3-9-4-5/h5-6,9H,2-4,8H2,1H3. The minimum atomic E-state index is -0.181. The highest BCUT2D eigenvalue weighted by Gasteiger charge is 2.31. The summed E-state index contributed by atoms with van der Waals surface area (Å²) in [6, 6.07) is 0. The van der Waals surface area contributed by atoms with E-state index in [4.69, 9.17) is 5.73 Å². The maximum absolute atomic E-state index is 11.0. The van der Waals surface area contributed by atoms with E-state index in [9.17, 15) is 4.79 Å². The van der Waals surface area contributed by atoms with Crippen LogP contribution in [-0.4, -0.2) is 32.7 Å². The predicted molar refractivity (Wildman–Crippen MR) is 40.9 cm³/mol. The van der Waals surface area contributed by atoms with Crippen LogP contribution >= 0.6 is 0 Å². The molecule has 0 aromatic heterocycles. The van der Waals surface area contributed by atoms with E-state index in [2.05, 4.69) is 10.1 Å². The summed E-state index contributed by atoms with van der Waals surface area (Å²) >= 11 is 0. The number of rotatable bonds is 3. The van der Waals surface area contributed by atoms with Gasteiger partial charge < -0.3 is 15.8 Å². The van der Waals surface area contributed by atoms with Crippen LogP contribution in [0.1, 0.15) is 0 Å². The molecule has 0 aromatic rings. The fourth-order valence-corrected chi connectivity index (χ4v) is 1.23. The van der Waals surface area contributed by atoms with Crippen LogP contribution < -0.4 is 11.1 Å². The average molecular weight is 158 g/mol. The zero-order valence-electron chi connectivity index (χ0n) is 6.67. The summed E-state index contributed by atoms with van der Waals surface area (Å²) < 4.78 is 4.61. The third-order valence-corrected chi connectivity index (χ3v) is 2.14. The molecular weight excluding hydrogens is 144 g/mol. The predicted octanol–water partition coefficient (Wildman–Crippen LogP) is -1.05. The van der Waals surface area contributed by atoms with Crippen LogP contribution in [0.3, 0.4) is 0 Å². The zero-order valence-corrected chi connectivity index (χ0v) is 6.67. The Labute approximate surface area is 66.1 Å². The van der Waals surface area contributed by atoms with Gasteiger partial charge in [-0.15, -0.1) is 0 Å². The molecule has 4 heteroatoms. The summed E-state index contributed by atoms with van der Waals surface area (Å²) in [5, 5.41) is 3.09. The SMILES string of the molecule is COC(=O)C(CN)C1CNC1. The number of carbonyl (C=O) groups is 1. The van der Waals surface area contributed by atoms with E-state index in [-0.39, 0.29) is 11.9 Å². The molecule has 0 radical (unpaired) electrons. The Morgan fingerprint density at radius 2 is 2.45 bits per heavy atom. The number of hydrogen-bond donors (Lipinski definition) is 2. The molecule has 1 rings (SSSR count). The van der Waals surface area contributed by atoms with E-state index < -0.39 is 0 Å². The molecule has 1 heterocycles. The van der Waals surface area contributed by atoms with Crippen molar-refractivity contribution in [3.05, 3.63) is 0 Å². The first-order valence-electron chi connectivity index (χ1n) is 3.78. The topological polar surface area (TPSA) is 64.3 Å². The van der Waals surface area contributed by atoms with E-state index in [1.165, 1.54) is 7.11 Å². The van der Waals surface area contributed by atoms with Gasteiger partial charge in [0.1, 0.15) is 0 Å². The van der Waals surface area contributed by atoms with Crippen LogP contribution in [0.4, 0.5) is 0 Å². The van der Waals surface area contributed by atoms with Crippen molar-refractivity contribution in [1.29, 1.82) is 0 Å². The van der Waals surface area contributed by atoms with Gasteiger partial charge in [0.15, 0.2) is 0 Å². The molecule has 0 aliphatic carbocycles.